The van der Waals surface area contributed by atoms with Crippen LogP contribution in [0.15, 0.2) is 0 Å². The minimum absolute atomic E-state index is 0.0635. The van der Waals surface area contributed by atoms with E-state index in [1.807, 2.05) is 46.7 Å². The van der Waals surface area contributed by atoms with Gasteiger partial charge in [0.2, 0.25) is 0 Å². The molecule has 0 amide bonds. The number of methoxy groups -OCH3 is 1. The summed E-state index contributed by atoms with van der Waals surface area (Å²) in [4.78, 5) is 16.4. The molecule has 0 spiro atoms. The lowest BCUT2D eigenvalue weighted by molar-refractivity contribution is -0.334. The maximum Gasteiger partial charge on any atom is 0.311 e. The number of aliphatic hydroxyl groups is 4. The van der Waals surface area contributed by atoms with Gasteiger partial charge in [0, 0.05) is 44.6 Å². The van der Waals surface area contributed by atoms with Gasteiger partial charge in [0.05, 0.1) is 36.4 Å². The second kappa shape index (κ2) is 20.7. The molecule has 3 heterocycles. The fourth-order valence-corrected chi connectivity index (χ4v) is 9.59. The van der Waals surface area contributed by atoms with E-state index in [4.69, 9.17) is 34.2 Å². The Morgan fingerprint density at radius 3 is 2.23 bits per heavy atom. The minimum atomic E-state index is -1.75. The highest BCUT2D eigenvalue weighted by atomic mass is 16.7. The summed E-state index contributed by atoms with van der Waals surface area (Å²) in [6, 6.07) is -0.272. The van der Waals surface area contributed by atoms with E-state index in [9.17, 15) is 25.2 Å². The first-order chi connectivity index (χ1) is 26.4. The molecule has 0 aromatic rings. The third kappa shape index (κ3) is 11.7. The van der Waals surface area contributed by atoms with Crippen molar-refractivity contribution in [3.05, 3.63) is 0 Å². The van der Waals surface area contributed by atoms with Crippen LogP contribution in [0.3, 0.4) is 0 Å². The molecule has 0 aliphatic carbocycles. The smallest absolute Gasteiger partial charge is 0.311 e. The van der Waals surface area contributed by atoms with Crippen LogP contribution < -0.4 is 16.4 Å². The molecule has 57 heavy (non-hydrogen) atoms. The summed E-state index contributed by atoms with van der Waals surface area (Å²) < 4.78 is 38.9. The Labute approximate surface area is 343 Å². The van der Waals surface area contributed by atoms with E-state index in [0.29, 0.717) is 32.5 Å². The molecule has 0 radical (unpaired) electrons. The average molecular weight is 819 g/mol. The van der Waals surface area contributed by atoms with Crippen LogP contribution in [-0.4, -0.2) is 163 Å². The average Bonchev–Trinajstić information content (AvgIpc) is 3.14. The number of ether oxygens (including phenoxy) is 6. The number of cyclic esters (lactones) is 1. The van der Waals surface area contributed by atoms with Gasteiger partial charge in [-0.05, 0) is 106 Å². The van der Waals surface area contributed by atoms with Crippen molar-refractivity contribution in [2.75, 3.05) is 47.4 Å². The molecule has 336 valence electrons. The molecule has 15 heteroatoms. The molecule has 3 fully saturated rings. The van der Waals surface area contributed by atoms with Gasteiger partial charge < -0.3 is 70.1 Å². The Bertz CT molecular complexity index is 1250. The lowest BCUT2D eigenvalue weighted by Gasteiger charge is -2.54. The molecule has 3 saturated heterocycles. The molecule has 8 N–H and O–H groups in total. The van der Waals surface area contributed by atoms with E-state index >= 15 is 0 Å². The molecule has 0 unspecified atom stereocenters. The molecule has 15 nitrogen and oxygen atoms in total. The van der Waals surface area contributed by atoms with Crippen LogP contribution in [0.5, 0.6) is 0 Å². The predicted molar refractivity (Wildman–Crippen MR) is 218 cm³/mol. The molecular formula is C42H82N4O11. The maximum atomic E-state index is 14.4. The minimum Gasteiger partial charge on any atom is -0.459 e. The van der Waals surface area contributed by atoms with E-state index < -0.39 is 89.2 Å². The van der Waals surface area contributed by atoms with Gasteiger partial charge >= 0.3 is 5.97 Å². The van der Waals surface area contributed by atoms with E-state index in [1.54, 1.807) is 27.9 Å². The number of rotatable bonds is 12. The van der Waals surface area contributed by atoms with Crippen LogP contribution >= 0.6 is 0 Å². The summed E-state index contributed by atoms with van der Waals surface area (Å²) in [6.45, 7) is 22.5. The van der Waals surface area contributed by atoms with Gasteiger partial charge in [-0.2, -0.15) is 0 Å². The van der Waals surface area contributed by atoms with Crippen molar-refractivity contribution in [1.82, 2.24) is 15.5 Å². The first-order valence-electron chi connectivity index (χ1n) is 21.4. The number of aliphatic hydroxyl groups excluding tert-OH is 2. The number of carbonyl (C=O) groups is 1. The molecule has 17 atom stereocenters. The maximum absolute atomic E-state index is 14.4. The molecule has 3 aliphatic heterocycles. The van der Waals surface area contributed by atoms with Crippen LogP contribution in [0.2, 0.25) is 0 Å². The van der Waals surface area contributed by atoms with Gasteiger partial charge in [0.1, 0.15) is 29.0 Å². The predicted octanol–water partition coefficient (Wildman–Crippen LogP) is 2.14. The summed E-state index contributed by atoms with van der Waals surface area (Å²) in [7, 11) is 5.41. The van der Waals surface area contributed by atoms with Crippen molar-refractivity contribution in [2.45, 2.75) is 192 Å². The Balaban J connectivity index is 2.15. The van der Waals surface area contributed by atoms with Gasteiger partial charge in [-0.25, -0.2) is 0 Å². The molecule has 0 aromatic heterocycles. The van der Waals surface area contributed by atoms with Crippen molar-refractivity contribution < 1.29 is 53.6 Å². The van der Waals surface area contributed by atoms with Gasteiger partial charge in [-0.3, -0.25) is 4.79 Å². The van der Waals surface area contributed by atoms with E-state index in [0.717, 1.165) is 6.42 Å². The lowest BCUT2D eigenvalue weighted by atomic mass is 9.72. The van der Waals surface area contributed by atoms with Gasteiger partial charge in [0.25, 0.3) is 0 Å². The normalized spacial score (nSPS) is 45.6. The monoisotopic (exact) mass is 819 g/mol. The van der Waals surface area contributed by atoms with E-state index in [1.165, 1.54) is 6.92 Å². The van der Waals surface area contributed by atoms with E-state index in [2.05, 4.69) is 31.4 Å². The quantitative estimate of drug-likeness (QED) is 0.111. The lowest BCUT2D eigenvalue weighted by Crippen LogP contribution is -2.70. The highest BCUT2D eigenvalue weighted by molar-refractivity contribution is 5.73. The molecule has 0 saturated carbocycles. The fraction of sp³-hybridized carbons (Fsp3) is 0.976. The molecule has 0 bridgehead atoms. The SMILES string of the molecule is CC[C@H]1OC(=O)[C@H](C)[C@H](O[C@@H]2C[C@](C)(OC)[C@@](O)(CNCCCN)[C@H](C)O2)[C@H](C)[C@@H](O[C@@H]2O[C@H](C)C[C@H](N(C)C)[C@H]2O)C(C)(C)C[C@@H](C)NC[C@H](C)[C@@H](O)[C@]1(C)O. The van der Waals surface area contributed by atoms with Crippen molar-refractivity contribution in [2.24, 2.45) is 28.9 Å². The van der Waals surface area contributed by atoms with Gasteiger partial charge in [-0.1, -0.05) is 34.6 Å². The molecular weight excluding hydrogens is 736 g/mol. The highest BCUT2D eigenvalue weighted by Gasteiger charge is 2.58. The zero-order chi connectivity index (χ0) is 43.3. The summed E-state index contributed by atoms with van der Waals surface area (Å²) in [5.74, 6) is -2.47. The van der Waals surface area contributed by atoms with Crippen molar-refractivity contribution in [1.29, 1.82) is 0 Å². The van der Waals surface area contributed by atoms with Crippen LogP contribution in [0.1, 0.15) is 108 Å². The number of nitrogens with one attached hydrogen (secondary N) is 2. The Hall–Kier alpha value is -1.05. The summed E-state index contributed by atoms with van der Waals surface area (Å²) in [5.41, 5.74) is 0.793. The first kappa shape index (κ1) is 50.3. The third-order valence-electron chi connectivity index (χ3n) is 13.4. The third-order valence-corrected chi connectivity index (χ3v) is 13.4. The van der Waals surface area contributed by atoms with Crippen molar-refractivity contribution in [3.63, 3.8) is 0 Å². The number of nitrogens with zero attached hydrogens (tertiary/aromatic N) is 1. The van der Waals surface area contributed by atoms with Crippen LogP contribution in [0.4, 0.5) is 0 Å². The summed E-state index contributed by atoms with van der Waals surface area (Å²) >= 11 is 0. The van der Waals surface area contributed by atoms with Crippen LogP contribution in [0, 0.1) is 23.2 Å². The number of esters is 1. The van der Waals surface area contributed by atoms with Gasteiger partial charge in [-0.15, -0.1) is 0 Å². The molecule has 3 aliphatic rings. The Morgan fingerprint density at radius 1 is 1.00 bits per heavy atom. The second-order valence-corrected chi connectivity index (χ2v) is 19.0. The number of carbonyl (C=O) groups excluding carboxylic acids is 1. The van der Waals surface area contributed by atoms with Crippen molar-refractivity contribution in [3.8, 4) is 0 Å². The number of likely N-dealkylation sites (N-methyl/N-ethyl adjacent to an activating group) is 1. The number of hydrogen-bond acceptors (Lipinski definition) is 15. The number of nitrogens with two attached hydrogens (primary N) is 1. The van der Waals surface area contributed by atoms with Crippen LogP contribution in [-0.2, 0) is 33.2 Å². The van der Waals surface area contributed by atoms with Crippen molar-refractivity contribution >= 4 is 5.97 Å². The summed E-state index contributed by atoms with van der Waals surface area (Å²) in [6.07, 6.45) is -5.20. The standard InChI is InChI=1S/C42H82N4O11/c1-15-31-41(11,50)35(48)24(2)22-45-25(3)20-39(8,9)36(57-38-33(47)30(46(12)13)19-26(4)53-38)27(5)34(28(6)37(49)55-31)56-32-21-40(10,52-14)42(51,29(7)54-32)23-44-18-16-17-43/h24-36,38,44-45,47-48,50-51H,15-23,43H2,1-14H3/t24-,25+,26+,27-,28+,29-,30-,31+,32+,33+,34+,35+,36+,38-,40-,41+,42+/m0/s1. The topological polar surface area (TPSA) is 207 Å². The zero-order valence-corrected chi connectivity index (χ0v) is 37.6. The highest BCUT2D eigenvalue weighted by Crippen LogP contribution is 2.44. The zero-order valence-electron chi connectivity index (χ0n) is 37.6. The first-order valence-corrected chi connectivity index (χ1v) is 21.4. The largest absolute Gasteiger partial charge is 0.459 e. The van der Waals surface area contributed by atoms with E-state index in [-0.39, 0.29) is 43.5 Å². The molecule has 0 aromatic carbocycles. The van der Waals surface area contributed by atoms with Gasteiger partial charge in [0.15, 0.2) is 12.6 Å². The van der Waals surface area contributed by atoms with Crippen LogP contribution in [0.25, 0.3) is 0 Å². The fourth-order valence-electron chi connectivity index (χ4n) is 9.59. The second-order valence-electron chi connectivity index (χ2n) is 19.0. The number of hydrogen-bond donors (Lipinski definition) is 7. The summed E-state index contributed by atoms with van der Waals surface area (Å²) in [5, 5.41) is 53.8. The Morgan fingerprint density at radius 2 is 1.65 bits per heavy atom. The molecule has 3 rings (SSSR count). The Kier molecular flexibility index (Phi) is 18.2.